The highest BCUT2D eigenvalue weighted by Crippen LogP contribution is 2.33. The van der Waals surface area contributed by atoms with Crippen molar-refractivity contribution in [3.05, 3.63) is 56.2 Å². The molecule has 0 unspecified atom stereocenters. The Kier molecular flexibility index (Phi) is 3.82. The highest BCUT2D eigenvalue weighted by Gasteiger charge is 2.20. The molecule has 3 aromatic rings. The fourth-order valence-electron chi connectivity index (χ4n) is 2.94. The van der Waals surface area contributed by atoms with Crippen molar-refractivity contribution in [2.75, 3.05) is 0 Å². The predicted molar refractivity (Wildman–Crippen MR) is 91.8 cm³/mol. The highest BCUT2D eigenvalue weighted by molar-refractivity contribution is 7.98. The number of rotatable bonds is 3. The maximum absolute atomic E-state index is 12.4. The Bertz CT molecular complexity index is 933. The molecule has 0 radical (unpaired) electrons. The van der Waals surface area contributed by atoms with Gasteiger partial charge in [-0.3, -0.25) is 4.79 Å². The molecule has 3 aromatic heterocycles. The van der Waals surface area contributed by atoms with Crippen molar-refractivity contribution in [1.29, 1.82) is 0 Å². The average Bonchev–Trinajstić information content (AvgIpc) is 2.93. The Hall–Kier alpha value is -1.86. The molecule has 3 heterocycles. The molecule has 23 heavy (non-hydrogen) atoms. The summed E-state index contributed by atoms with van der Waals surface area (Å²) in [5.74, 6) is 1.09. The fourth-order valence-corrected chi connectivity index (χ4v) is 5.01. The lowest BCUT2D eigenvalue weighted by atomic mass is 9.97. The topological polar surface area (TPSA) is 72.7 Å². The summed E-state index contributed by atoms with van der Waals surface area (Å²) in [5.41, 5.74) is 1.15. The summed E-state index contributed by atoms with van der Waals surface area (Å²) in [6.45, 7) is 0. The Labute approximate surface area is 141 Å². The van der Waals surface area contributed by atoms with Crippen LogP contribution in [0.4, 0.5) is 0 Å². The van der Waals surface area contributed by atoms with Crippen LogP contribution in [0.25, 0.3) is 10.2 Å². The van der Waals surface area contributed by atoms with E-state index in [-0.39, 0.29) is 5.56 Å². The van der Waals surface area contributed by atoms with Crippen molar-refractivity contribution in [2.24, 2.45) is 0 Å². The van der Waals surface area contributed by atoms with E-state index in [1.165, 1.54) is 34.8 Å². The minimum Gasteiger partial charge on any atom is -0.618 e. The molecule has 1 aliphatic carbocycles. The van der Waals surface area contributed by atoms with E-state index < -0.39 is 0 Å². The SMILES string of the molecule is O=c1[nH]c(CSc2cccc[n+]2[O-])nc2sc3c(c12)CCCC3. The zero-order valence-electron chi connectivity index (χ0n) is 12.4. The molecule has 5 nitrogen and oxygen atoms in total. The Morgan fingerprint density at radius 2 is 2.22 bits per heavy atom. The maximum atomic E-state index is 12.4. The second kappa shape index (κ2) is 5.98. The van der Waals surface area contributed by atoms with Crippen LogP contribution in [0.5, 0.6) is 0 Å². The standard InChI is InChI=1S/C16H15N3O2S2/c20-15-14-10-5-1-2-6-11(10)23-16(14)18-12(17-15)9-22-13-7-3-4-8-19(13)21/h3-4,7-8H,1-2,5-6,9H2,(H,17,18,20). The van der Waals surface area contributed by atoms with E-state index in [1.54, 1.807) is 23.5 Å². The average molecular weight is 345 g/mol. The van der Waals surface area contributed by atoms with Gasteiger partial charge in [0.05, 0.1) is 11.1 Å². The third-order valence-corrected chi connectivity index (χ3v) is 6.23. The van der Waals surface area contributed by atoms with Gasteiger partial charge in [-0.1, -0.05) is 0 Å². The summed E-state index contributed by atoms with van der Waals surface area (Å²) in [7, 11) is 0. The Morgan fingerprint density at radius 3 is 3.09 bits per heavy atom. The van der Waals surface area contributed by atoms with E-state index in [1.807, 2.05) is 6.07 Å². The van der Waals surface area contributed by atoms with E-state index in [0.717, 1.165) is 34.2 Å². The number of hydrogen-bond donors (Lipinski definition) is 1. The Morgan fingerprint density at radius 1 is 1.35 bits per heavy atom. The summed E-state index contributed by atoms with van der Waals surface area (Å²) in [4.78, 5) is 22.1. The molecule has 4 rings (SSSR count). The van der Waals surface area contributed by atoms with E-state index in [2.05, 4.69) is 9.97 Å². The fraction of sp³-hybridized carbons (Fsp3) is 0.312. The van der Waals surface area contributed by atoms with Gasteiger partial charge < -0.3 is 10.2 Å². The summed E-state index contributed by atoms with van der Waals surface area (Å²) in [6, 6.07) is 5.28. The maximum Gasteiger partial charge on any atom is 0.259 e. The number of aromatic amines is 1. The monoisotopic (exact) mass is 345 g/mol. The summed E-state index contributed by atoms with van der Waals surface area (Å²) in [5, 5.41) is 13.0. The van der Waals surface area contributed by atoms with Crippen LogP contribution >= 0.6 is 23.1 Å². The van der Waals surface area contributed by atoms with Crippen LogP contribution in [-0.2, 0) is 18.6 Å². The lowest BCUT2D eigenvalue weighted by molar-refractivity contribution is -0.645. The second-order valence-electron chi connectivity index (χ2n) is 5.56. The lowest BCUT2D eigenvalue weighted by Gasteiger charge is -2.09. The van der Waals surface area contributed by atoms with E-state index in [0.29, 0.717) is 16.6 Å². The number of H-pyrrole nitrogens is 1. The number of nitrogens with zero attached hydrogens (tertiary/aromatic N) is 2. The van der Waals surface area contributed by atoms with Crippen LogP contribution in [0.15, 0.2) is 34.2 Å². The smallest absolute Gasteiger partial charge is 0.259 e. The molecule has 1 aliphatic rings. The van der Waals surface area contributed by atoms with Gasteiger partial charge in [0.15, 0.2) is 6.20 Å². The van der Waals surface area contributed by atoms with Gasteiger partial charge in [-0.25, -0.2) is 4.98 Å². The number of fused-ring (bicyclic) bond motifs is 3. The second-order valence-corrected chi connectivity index (χ2v) is 7.64. The van der Waals surface area contributed by atoms with Crippen LogP contribution in [0.2, 0.25) is 0 Å². The largest absolute Gasteiger partial charge is 0.618 e. The molecule has 0 spiro atoms. The quantitative estimate of drug-likeness (QED) is 0.450. The predicted octanol–water partition coefficient (Wildman–Crippen LogP) is 2.79. The van der Waals surface area contributed by atoms with Crippen molar-refractivity contribution in [3.63, 3.8) is 0 Å². The van der Waals surface area contributed by atoms with Crippen LogP contribution in [0.1, 0.15) is 29.1 Å². The number of nitrogens with one attached hydrogen (secondary N) is 1. The van der Waals surface area contributed by atoms with Crippen molar-refractivity contribution in [3.8, 4) is 0 Å². The zero-order valence-corrected chi connectivity index (χ0v) is 14.0. The molecule has 0 saturated carbocycles. The van der Waals surface area contributed by atoms with Gasteiger partial charge in [-0.2, -0.15) is 4.73 Å². The normalized spacial score (nSPS) is 14.1. The van der Waals surface area contributed by atoms with E-state index in [4.69, 9.17) is 0 Å². The van der Waals surface area contributed by atoms with E-state index in [9.17, 15) is 10.0 Å². The lowest BCUT2D eigenvalue weighted by Crippen LogP contribution is -2.27. The van der Waals surface area contributed by atoms with E-state index >= 15 is 0 Å². The zero-order chi connectivity index (χ0) is 15.8. The molecular formula is C16H15N3O2S2. The van der Waals surface area contributed by atoms with Crippen molar-refractivity contribution < 1.29 is 4.73 Å². The number of thiophene rings is 1. The minimum absolute atomic E-state index is 0.0481. The number of pyridine rings is 1. The first-order valence-corrected chi connectivity index (χ1v) is 9.37. The Balaban J connectivity index is 1.66. The minimum atomic E-state index is -0.0481. The number of aromatic nitrogens is 3. The van der Waals surface area contributed by atoms with Gasteiger partial charge in [0.25, 0.3) is 10.6 Å². The van der Waals surface area contributed by atoms with Gasteiger partial charge in [-0.05, 0) is 49.1 Å². The van der Waals surface area contributed by atoms with Crippen molar-refractivity contribution in [2.45, 2.75) is 36.5 Å². The number of thioether (sulfide) groups is 1. The molecule has 0 fully saturated rings. The van der Waals surface area contributed by atoms with Gasteiger partial charge in [0, 0.05) is 17.0 Å². The molecule has 0 atom stereocenters. The third kappa shape index (κ3) is 2.74. The van der Waals surface area contributed by atoms with Gasteiger partial charge in [-0.15, -0.1) is 11.3 Å². The van der Waals surface area contributed by atoms with Gasteiger partial charge in [0.1, 0.15) is 10.7 Å². The molecule has 0 amide bonds. The molecular weight excluding hydrogens is 330 g/mol. The summed E-state index contributed by atoms with van der Waals surface area (Å²) < 4.78 is 0.825. The molecule has 118 valence electrons. The van der Waals surface area contributed by atoms with Crippen molar-refractivity contribution in [1.82, 2.24) is 9.97 Å². The van der Waals surface area contributed by atoms with Gasteiger partial charge in [0.2, 0.25) is 0 Å². The molecule has 7 heteroatoms. The van der Waals surface area contributed by atoms with Crippen LogP contribution in [-0.4, -0.2) is 9.97 Å². The summed E-state index contributed by atoms with van der Waals surface area (Å²) >= 11 is 3.02. The molecule has 1 N–H and O–H groups in total. The molecule has 0 aromatic carbocycles. The van der Waals surface area contributed by atoms with Crippen molar-refractivity contribution >= 4 is 33.3 Å². The third-order valence-electron chi connectivity index (χ3n) is 4.02. The van der Waals surface area contributed by atoms with Crippen LogP contribution < -0.4 is 10.3 Å². The number of aryl methyl sites for hydroxylation is 2. The van der Waals surface area contributed by atoms with Crippen LogP contribution in [0, 0.1) is 5.21 Å². The first-order chi connectivity index (χ1) is 11.2. The highest BCUT2D eigenvalue weighted by atomic mass is 32.2. The number of hydrogen-bond acceptors (Lipinski definition) is 5. The van der Waals surface area contributed by atoms with Crippen LogP contribution in [0.3, 0.4) is 0 Å². The molecule has 0 aliphatic heterocycles. The first kappa shape index (κ1) is 14.7. The summed E-state index contributed by atoms with van der Waals surface area (Å²) in [6.07, 6.45) is 5.84. The molecule has 0 saturated heterocycles. The molecule has 0 bridgehead atoms. The van der Waals surface area contributed by atoms with Gasteiger partial charge >= 0.3 is 0 Å². The first-order valence-electron chi connectivity index (χ1n) is 7.57.